The molecule has 2 aromatic rings. The second-order valence-corrected chi connectivity index (χ2v) is 5.64. The van der Waals surface area contributed by atoms with Crippen molar-refractivity contribution in [3.63, 3.8) is 0 Å². The van der Waals surface area contributed by atoms with Crippen molar-refractivity contribution in [3.8, 4) is 0 Å². The van der Waals surface area contributed by atoms with Crippen LogP contribution in [0.1, 0.15) is 32.4 Å². The maximum atomic E-state index is 5.95. The molecule has 0 saturated carbocycles. The Kier molecular flexibility index (Phi) is 5.33. The lowest BCUT2D eigenvalue weighted by Gasteiger charge is -2.15. The largest absolute Gasteiger partial charge is 0.354 e. The molecule has 5 nitrogen and oxygen atoms in total. The van der Waals surface area contributed by atoms with E-state index in [9.17, 15) is 0 Å². The van der Waals surface area contributed by atoms with E-state index in [0.29, 0.717) is 17.8 Å². The number of hydrogen-bond acceptors (Lipinski definition) is 5. The van der Waals surface area contributed by atoms with Crippen molar-refractivity contribution in [2.24, 2.45) is 5.92 Å². The van der Waals surface area contributed by atoms with Gasteiger partial charge in [0.25, 0.3) is 0 Å². The summed E-state index contributed by atoms with van der Waals surface area (Å²) in [5.41, 5.74) is 1.16. The van der Waals surface area contributed by atoms with Gasteiger partial charge in [-0.15, -0.1) is 0 Å². The van der Waals surface area contributed by atoms with E-state index in [1.807, 2.05) is 25.1 Å². The topological polar surface area (TPSA) is 62.7 Å². The summed E-state index contributed by atoms with van der Waals surface area (Å²) >= 11 is 5.95. The van der Waals surface area contributed by atoms with Gasteiger partial charge >= 0.3 is 0 Å². The number of halogens is 1. The Balaban J connectivity index is 2.09. The van der Waals surface area contributed by atoms with E-state index in [0.717, 1.165) is 12.1 Å². The first-order valence-corrected chi connectivity index (χ1v) is 7.39. The molecule has 0 spiro atoms. The highest BCUT2D eigenvalue weighted by atomic mass is 35.5. The van der Waals surface area contributed by atoms with Crippen LogP contribution in [0.25, 0.3) is 0 Å². The van der Waals surface area contributed by atoms with Gasteiger partial charge in [-0.05, 0) is 30.0 Å². The molecule has 1 aromatic heterocycles. The average molecular weight is 306 g/mol. The summed E-state index contributed by atoms with van der Waals surface area (Å²) in [7, 11) is 0. The minimum atomic E-state index is 0.0858. The van der Waals surface area contributed by atoms with Crippen molar-refractivity contribution >= 4 is 23.5 Å². The van der Waals surface area contributed by atoms with Crippen LogP contribution in [-0.2, 0) is 0 Å². The number of hydrogen-bond donors (Lipinski definition) is 2. The summed E-state index contributed by atoms with van der Waals surface area (Å²) in [5.74, 6) is 1.46. The first-order chi connectivity index (χ1) is 10.0. The predicted molar refractivity (Wildman–Crippen MR) is 86.6 cm³/mol. The molecule has 0 aliphatic heterocycles. The van der Waals surface area contributed by atoms with Crippen LogP contribution in [-0.4, -0.2) is 21.5 Å². The van der Waals surface area contributed by atoms with Crippen molar-refractivity contribution in [3.05, 3.63) is 41.2 Å². The summed E-state index contributed by atoms with van der Waals surface area (Å²) in [6.45, 7) is 7.07. The van der Waals surface area contributed by atoms with Gasteiger partial charge in [0.05, 0.1) is 6.04 Å². The quantitative estimate of drug-likeness (QED) is 0.850. The van der Waals surface area contributed by atoms with E-state index in [-0.39, 0.29) is 11.3 Å². The lowest BCUT2D eigenvalue weighted by Crippen LogP contribution is -2.14. The number of nitrogens with one attached hydrogen (secondary N) is 2. The van der Waals surface area contributed by atoms with Crippen LogP contribution < -0.4 is 10.6 Å². The molecule has 6 heteroatoms. The van der Waals surface area contributed by atoms with Crippen LogP contribution >= 0.6 is 11.6 Å². The van der Waals surface area contributed by atoms with Crippen LogP contribution in [0.5, 0.6) is 0 Å². The molecule has 0 radical (unpaired) electrons. The van der Waals surface area contributed by atoms with Gasteiger partial charge in [0.2, 0.25) is 17.2 Å². The Labute approximate surface area is 130 Å². The molecule has 1 atom stereocenters. The Bertz CT molecular complexity index is 574. The van der Waals surface area contributed by atoms with Gasteiger partial charge in [0, 0.05) is 6.54 Å². The van der Waals surface area contributed by atoms with Gasteiger partial charge in [0.1, 0.15) is 0 Å². The van der Waals surface area contributed by atoms with Gasteiger partial charge in [-0.25, -0.2) is 0 Å². The molecule has 1 heterocycles. The summed E-state index contributed by atoms with van der Waals surface area (Å²) in [5, 5.41) is 6.57. The third kappa shape index (κ3) is 4.86. The molecule has 1 aromatic carbocycles. The fraction of sp³-hybridized carbons (Fsp3) is 0.400. The van der Waals surface area contributed by atoms with Crippen LogP contribution in [0.15, 0.2) is 30.3 Å². The van der Waals surface area contributed by atoms with E-state index in [1.165, 1.54) is 0 Å². The van der Waals surface area contributed by atoms with Crippen molar-refractivity contribution in [1.82, 2.24) is 15.0 Å². The highest BCUT2D eigenvalue weighted by Crippen LogP contribution is 2.18. The fourth-order valence-electron chi connectivity index (χ4n) is 1.81. The van der Waals surface area contributed by atoms with Crippen molar-refractivity contribution in [1.29, 1.82) is 0 Å². The summed E-state index contributed by atoms with van der Waals surface area (Å²) in [6, 6.07) is 10.2. The molecule has 0 amide bonds. The van der Waals surface area contributed by atoms with Crippen LogP contribution in [0.4, 0.5) is 11.9 Å². The standard InChI is InChI=1S/C15H20ClN5/c1-10(2)9-17-14-19-13(16)20-15(21-14)18-11(3)12-7-5-4-6-8-12/h4-8,10-11H,9H2,1-3H3,(H2,17,18,19,20,21). The molecule has 0 bridgehead atoms. The molecule has 112 valence electrons. The summed E-state index contributed by atoms with van der Waals surface area (Å²) in [4.78, 5) is 12.5. The van der Waals surface area contributed by atoms with E-state index in [4.69, 9.17) is 11.6 Å². The molecular formula is C15H20ClN5. The van der Waals surface area contributed by atoms with Crippen LogP contribution in [0.2, 0.25) is 5.28 Å². The van der Waals surface area contributed by atoms with Crippen molar-refractivity contribution < 1.29 is 0 Å². The number of nitrogens with zero attached hydrogens (tertiary/aromatic N) is 3. The maximum absolute atomic E-state index is 5.95. The monoisotopic (exact) mass is 305 g/mol. The van der Waals surface area contributed by atoms with Gasteiger partial charge in [-0.3, -0.25) is 0 Å². The zero-order valence-corrected chi connectivity index (χ0v) is 13.2. The second kappa shape index (κ2) is 7.22. The number of aromatic nitrogens is 3. The lowest BCUT2D eigenvalue weighted by atomic mass is 10.1. The first-order valence-electron chi connectivity index (χ1n) is 7.01. The van der Waals surface area contributed by atoms with Crippen LogP contribution in [0, 0.1) is 5.92 Å². The van der Waals surface area contributed by atoms with Gasteiger partial charge in [-0.2, -0.15) is 15.0 Å². The van der Waals surface area contributed by atoms with Crippen LogP contribution in [0.3, 0.4) is 0 Å². The Morgan fingerprint density at radius 1 is 1.00 bits per heavy atom. The molecule has 21 heavy (non-hydrogen) atoms. The van der Waals surface area contributed by atoms with Gasteiger partial charge in [-0.1, -0.05) is 44.2 Å². The molecule has 1 unspecified atom stereocenters. The number of anilines is 2. The first kappa shape index (κ1) is 15.5. The summed E-state index contributed by atoms with van der Waals surface area (Å²) < 4.78 is 0. The summed E-state index contributed by atoms with van der Waals surface area (Å²) in [6.07, 6.45) is 0. The van der Waals surface area contributed by atoms with E-state index >= 15 is 0 Å². The SMILES string of the molecule is CC(C)CNc1nc(Cl)nc(NC(C)c2ccccc2)n1. The van der Waals surface area contributed by atoms with Crippen molar-refractivity contribution in [2.75, 3.05) is 17.2 Å². The zero-order valence-electron chi connectivity index (χ0n) is 12.5. The Morgan fingerprint density at radius 2 is 1.67 bits per heavy atom. The Morgan fingerprint density at radius 3 is 2.33 bits per heavy atom. The number of rotatable bonds is 6. The molecule has 0 aliphatic rings. The highest BCUT2D eigenvalue weighted by molar-refractivity contribution is 6.28. The third-order valence-electron chi connectivity index (χ3n) is 2.92. The number of benzene rings is 1. The molecule has 2 N–H and O–H groups in total. The lowest BCUT2D eigenvalue weighted by molar-refractivity contribution is 0.684. The smallest absolute Gasteiger partial charge is 0.229 e. The normalized spacial score (nSPS) is 12.2. The van der Waals surface area contributed by atoms with Crippen molar-refractivity contribution in [2.45, 2.75) is 26.8 Å². The molecule has 2 rings (SSSR count). The zero-order chi connectivity index (χ0) is 15.2. The maximum Gasteiger partial charge on any atom is 0.229 e. The molecule has 0 fully saturated rings. The highest BCUT2D eigenvalue weighted by Gasteiger charge is 2.09. The second-order valence-electron chi connectivity index (χ2n) is 5.30. The predicted octanol–water partition coefficient (Wildman–Crippen LogP) is 3.77. The van der Waals surface area contributed by atoms with Gasteiger partial charge in [0.15, 0.2) is 0 Å². The van der Waals surface area contributed by atoms with E-state index < -0.39 is 0 Å². The molecule has 0 saturated heterocycles. The fourth-order valence-corrected chi connectivity index (χ4v) is 1.97. The Hall–Kier alpha value is -1.88. The van der Waals surface area contributed by atoms with Gasteiger partial charge < -0.3 is 10.6 Å². The molecule has 0 aliphatic carbocycles. The average Bonchev–Trinajstić information content (AvgIpc) is 2.45. The minimum Gasteiger partial charge on any atom is -0.354 e. The van der Waals surface area contributed by atoms with E-state index in [1.54, 1.807) is 0 Å². The van der Waals surface area contributed by atoms with E-state index in [2.05, 4.69) is 51.6 Å². The minimum absolute atomic E-state index is 0.0858. The third-order valence-corrected chi connectivity index (χ3v) is 3.09. The molecular weight excluding hydrogens is 286 g/mol.